The Morgan fingerprint density at radius 3 is 2.62 bits per heavy atom. The average molecular weight is 329 g/mol. The molecule has 0 aliphatic carbocycles. The van der Waals surface area contributed by atoms with E-state index >= 15 is 0 Å². The molecule has 0 saturated carbocycles. The Hall–Kier alpha value is -2.69. The summed E-state index contributed by atoms with van der Waals surface area (Å²) in [6.45, 7) is 1.75. The van der Waals surface area contributed by atoms with Crippen molar-refractivity contribution in [3.8, 4) is 0 Å². The third-order valence-corrected chi connectivity index (χ3v) is 3.75. The number of amides is 1. The number of carbonyl (C=O) groups excluding carboxylic acids is 1. The van der Waals surface area contributed by atoms with Crippen LogP contribution in [0.25, 0.3) is 0 Å². The monoisotopic (exact) mass is 329 g/mol. The Balaban J connectivity index is 1.97. The SMILES string of the molecule is CC(Cc1ccccc1F)C(=O)Nc1cccc(CCC(=O)O)c1. The molecule has 126 valence electrons. The van der Waals surface area contributed by atoms with Crippen LogP contribution in [0, 0.1) is 11.7 Å². The molecule has 0 saturated heterocycles. The van der Waals surface area contributed by atoms with E-state index in [-0.39, 0.29) is 24.1 Å². The molecule has 2 aromatic rings. The quantitative estimate of drug-likeness (QED) is 0.814. The molecule has 24 heavy (non-hydrogen) atoms. The number of halogens is 1. The second-order valence-electron chi connectivity index (χ2n) is 5.78. The number of nitrogens with one attached hydrogen (secondary N) is 1. The summed E-state index contributed by atoms with van der Waals surface area (Å²) >= 11 is 0. The van der Waals surface area contributed by atoms with Crippen LogP contribution in [0.5, 0.6) is 0 Å². The van der Waals surface area contributed by atoms with Crippen LogP contribution in [0.2, 0.25) is 0 Å². The van der Waals surface area contributed by atoms with Crippen molar-refractivity contribution in [1.82, 2.24) is 0 Å². The van der Waals surface area contributed by atoms with Crippen molar-refractivity contribution in [3.63, 3.8) is 0 Å². The van der Waals surface area contributed by atoms with Crippen molar-refractivity contribution >= 4 is 17.6 Å². The average Bonchev–Trinajstić information content (AvgIpc) is 2.55. The second kappa shape index (κ2) is 8.24. The molecule has 0 fully saturated rings. The molecule has 2 N–H and O–H groups in total. The lowest BCUT2D eigenvalue weighted by atomic mass is 9.99. The lowest BCUT2D eigenvalue weighted by molar-refractivity contribution is -0.137. The Morgan fingerprint density at radius 1 is 1.17 bits per heavy atom. The van der Waals surface area contributed by atoms with E-state index in [4.69, 9.17) is 5.11 Å². The molecule has 0 aliphatic heterocycles. The second-order valence-corrected chi connectivity index (χ2v) is 5.78. The molecule has 0 aliphatic rings. The van der Waals surface area contributed by atoms with Crippen LogP contribution < -0.4 is 5.32 Å². The number of anilines is 1. The van der Waals surface area contributed by atoms with Crippen LogP contribution in [0.4, 0.5) is 10.1 Å². The van der Waals surface area contributed by atoms with Gasteiger partial charge in [-0.1, -0.05) is 37.3 Å². The summed E-state index contributed by atoms with van der Waals surface area (Å²) in [7, 11) is 0. The molecule has 0 spiro atoms. The number of aliphatic carboxylic acids is 1. The molecule has 5 heteroatoms. The summed E-state index contributed by atoms with van der Waals surface area (Å²) in [5.41, 5.74) is 1.97. The summed E-state index contributed by atoms with van der Waals surface area (Å²) in [6.07, 6.45) is 0.766. The minimum absolute atomic E-state index is 0.0427. The van der Waals surface area contributed by atoms with Crippen LogP contribution in [0.3, 0.4) is 0 Å². The van der Waals surface area contributed by atoms with E-state index in [1.165, 1.54) is 6.07 Å². The molecule has 0 aromatic heterocycles. The predicted octanol–water partition coefficient (Wildman–Crippen LogP) is 3.66. The molecule has 0 bridgehead atoms. The van der Waals surface area contributed by atoms with Crippen LogP contribution in [-0.2, 0) is 22.4 Å². The number of hydrogen-bond acceptors (Lipinski definition) is 2. The van der Waals surface area contributed by atoms with E-state index in [1.54, 1.807) is 43.3 Å². The number of aryl methyl sites for hydroxylation is 1. The van der Waals surface area contributed by atoms with Crippen molar-refractivity contribution in [3.05, 3.63) is 65.5 Å². The summed E-state index contributed by atoms with van der Waals surface area (Å²) < 4.78 is 13.7. The van der Waals surface area contributed by atoms with Gasteiger partial charge in [0.15, 0.2) is 0 Å². The fourth-order valence-corrected chi connectivity index (χ4v) is 2.41. The normalized spacial score (nSPS) is 11.8. The maximum absolute atomic E-state index is 13.7. The third kappa shape index (κ3) is 5.19. The van der Waals surface area contributed by atoms with Crippen LogP contribution >= 0.6 is 0 Å². The zero-order chi connectivity index (χ0) is 17.5. The highest BCUT2D eigenvalue weighted by Gasteiger charge is 2.15. The Labute approximate surface area is 140 Å². The lowest BCUT2D eigenvalue weighted by Gasteiger charge is -2.13. The number of carboxylic acid groups (broad SMARTS) is 1. The first-order valence-corrected chi connectivity index (χ1v) is 7.80. The van der Waals surface area contributed by atoms with Gasteiger partial charge in [0, 0.05) is 18.0 Å². The maximum Gasteiger partial charge on any atom is 0.303 e. The zero-order valence-corrected chi connectivity index (χ0v) is 13.5. The largest absolute Gasteiger partial charge is 0.481 e. The van der Waals surface area contributed by atoms with Crippen molar-refractivity contribution in [2.75, 3.05) is 5.32 Å². The Morgan fingerprint density at radius 2 is 1.92 bits per heavy atom. The first kappa shape index (κ1) is 17.7. The van der Waals surface area contributed by atoms with E-state index in [0.29, 0.717) is 24.1 Å². The number of carboxylic acids is 1. The van der Waals surface area contributed by atoms with E-state index in [2.05, 4.69) is 5.32 Å². The van der Waals surface area contributed by atoms with Crippen molar-refractivity contribution < 1.29 is 19.1 Å². The van der Waals surface area contributed by atoms with Crippen molar-refractivity contribution in [1.29, 1.82) is 0 Å². The lowest BCUT2D eigenvalue weighted by Crippen LogP contribution is -2.22. The van der Waals surface area contributed by atoms with E-state index < -0.39 is 5.97 Å². The molecule has 1 amide bonds. The number of rotatable bonds is 7. The maximum atomic E-state index is 13.7. The van der Waals surface area contributed by atoms with Gasteiger partial charge in [-0.15, -0.1) is 0 Å². The van der Waals surface area contributed by atoms with Gasteiger partial charge in [-0.25, -0.2) is 4.39 Å². The van der Waals surface area contributed by atoms with Crippen molar-refractivity contribution in [2.24, 2.45) is 5.92 Å². The minimum atomic E-state index is -0.858. The van der Waals surface area contributed by atoms with E-state index in [1.807, 2.05) is 6.07 Å². The van der Waals surface area contributed by atoms with Crippen LogP contribution in [0.15, 0.2) is 48.5 Å². The molecule has 1 unspecified atom stereocenters. The van der Waals surface area contributed by atoms with Crippen LogP contribution in [0.1, 0.15) is 24.5 Å². The highest BCUT2D eigenvalue weighted by molar-refractivity contribution is 5.92. The summed E-state index contributed by atoms with van der Waals surface area (Å²) in [5.74, 6) is -1.76. The van der Waals surface area contributed by atoms with Gasteiger partial charge < -0.3 is 10.4 Å². The fourth-order valence-electron chi connectivity index (χ4n) is 2.41. The summed E-state index contributed by atoms with van der Waals surface area (Å²) in [6, 6.07) is 13.5. The molecule has 0 radical (unpaired) electrons. The van der Waals surface area contributed by atoms with Crippen LogP contribution in [-0.4, -0.2) is 17.0 Å². The van der Waals surface area contributed by atoms with E-state index in [0.717, 1.165) is 5.56 Å². The van der Waals surface area contributed by atoms with Gasteiger partial charge in [0.05, 0.1) is 0 Å². The molecule has 2 aromatic carbocycles. The van der Waals surface area contributed by atoms with Gasteiger partial charge in [-0.3, -0.25) is 9.59 Å². The number of benzene rings is 2. The predicted molar refractivity (Wildman–Crippen MR) is 90.3 cm³/mol. The number of hydrogen-bond donors (Lipinski definition) is 2. The van der Waals surface area contributed by atoms with Gasteiger partial charge >= 0.3 is 5.97 Å². The molecule has 0 heterocycles. The summed E-state index contributed by atoms with van der Waals surface area (Å²) in [4.78, 5) is 22.9. The third-order valence-electron chi connectivity index (χ3n) is 3.75. The number of carbonyl (C=O) groups is 2. The smallest absolute Gasteiger partial charge is 0.303 e. The Kier molecular flexibility index (Phi) is 6.07. The zero-order valence-electron chi connectivity index (χ0n) is 13.5. The summed E-state index contributed by atoms with van der Waals surface area (Å²) in [5, 5.41) is 11.5. The van der Waals surface area contributed by atoms with E-state index in [9.17, 15) is 14.0 Å². The first-order chi connectivity index (χ1) is 11.5. The molecule has 2 rings (SSSR count). The van der Waals surface area contributed by atoms with Gasteiger partial charge in [0.25, 0.3) is 0 Å². The topological polar surface area (TPSA) is 66.4 Å². The highest BCUT2D eigenvalue weighted by Crippen LogP contribution is 2.16. The van der Waals surface area contributed by atoms with Gasteiger partial charge in [-0.2, -0.15) is 0 Å². The molecule has 1 atom stereocenters. The van der Waals surface area contributed by atoms with Gasteiger partial charge in [0.1, 0.15) is 5.82 Å². The minimum Gasteiger partial charge on any atom is -0.481 e. The first-order valence-electron chi connectivity index (χ1n) is 7.80. The standard InChI is InChI=1S/C19H20FNO3/c1-13(11-15-6-2-3-8-17(15)20)19(24)21-16-7-4-5-14(12-16)9-10-18(22)23/h2-8,12-13H,9-11H2,1H3,(H,21,24)(H,22,23). The molecular weight excluding hydrogens is 309 g/mol. The Bertz CT molecular complexity index is 730. The molecule has 4 nitrogen and oxygen atoms in total. The molecular formula is C19H20FNO3. The van der Waals surface area contributed by atoms with Crippen molar-refractivity contribution in [2.45, 2.75) is 26.2 Å². The van der Waals surface area contributed by atoms with Gasteiger partial charge in [-0.05, 0) is 42.2 Å². The highest BCUT2D eigenvalue weighted by atomic mass is 19.1. The fraction of sp³-hybridized carbons (Fsp3) is 0.263. The van der Waals surface area contributed by atoms with Gasteiger partial charge in [0.2, 0.25) is 5.91 Å².